The highest BCUT2D eigenvalue weighted by Crippen LogP contribution is 2.19. The molecular weight excluding hydrogens is 426 g/mol. The second-order valence-corrected chi connectivity index (χ2v) is 9.64. The fourth-order valence-corrected chi connectivity index (χ4v) is 3.64. The predicted molar refractivity (Wildman–Crippen MR) is 135 cm³/mol. The van der Waals surface area contributed by atoms with Gasteiger partial charge in [-0.25, -0.2) is 9.80 Å². The van der Waals surface area contributed by atoms with Crippen LogP contribution in [0, 0.1) is 5.92 Å². The van der Waals surface area contributed by atoms with Crippen molar-refractivity contribution in [3.8, 4) is 11.3 Å². The normalized spacial score (nSPS) is 13.4. The van der Waals surface area contributed by atoms with E-state index in [2.05, 4.69) is 22.5 Å². The molecule has 0 fully saturated rings. The minimum absolute atomic E-state index is 0.0110. The zero-order valence-electron chi connectivity index (χ0n) is 20.4. The summed E-state index contributed by atoms with van der Waals surface area (Å²) in [6.07, 6.45) is 1.35. The van der Waals surface area contributed by atoms with Crippen molar-refractivity contribution in [3.63, 3.8) is 0 Å². The predicted octanol–water partition coefficient (Wildman–Crippen LogP) is 5.23. The third-order valence-corrected chi connectivity index (χ3v) is 5.40. The van der Waals surface area contributed by atoms with Gasteiger partial charge in [0.05, 0.1) is 11.8 Å². The number of nitrogens with one attached hydrogen (secondary N) is 1. The molecule has 6 heteroatoms. The number of aliphatic hydroxyl groups is 1. The van der Waals surface area contributed by atoms with E-state index in [4.69, 9.17) is 4.74 Å². The Hall–Kier alpha value is -3.22. The van der Waals surface area contributed by atoms with E-state index in [0.717, 1.165) is 23.2 Å². The van der Waals surface area contributed by atoms with Crippen LogP contribution in [-0.4, -0.2) is 39.4 Å². The number of aromatic nitrogens is 1. The van der Waals surface area contributed by atoms with Gasteiger partial charge in [-0.05, 0) is 56.4 Å². The summed E-state index contributed by atoms with van der Waals surface area (Å²) in [6.45, 7) is 8.19. The SMILES string of the molecule is CC(Cc1ccccc1)[C@@H](O)CN(Cc1ccc(-c2ccccn2)cc1)NC(=O)OC(C)(C)C. The lowest BCUT2D eigenvalue weighted by Gasteiger charge is -2.29. The van der Waals surface area contributed by atoms with Crippen LogP contribution in [0.15, 0.2) is 79.0 Å². The molecule has 2 atom stereocenters. The molecule has 3 aromatic rings. The van der Waals surface area contributed by atoms with E-state index < -0.39 is 17.8 Å². The number of carbonyl (C=O) groups is 1. The lowest BCUT2D eigenvalue weighted by Crippen LogP contribution is -2.48. The lowest BCUT2D eigenvalue weighted by atomic mass is 9.95. The molecule has 34 heavy (non-hydrogen) atoms. The maximum Gasteiger partial charge on any atom is 0.422 e. The molecule has 1 unspecified atom stereocenters. The minimum atomic E-state index is -0.636. The fourth-order valence-electron chi connectivity index (χ4n) is 3.64. The topological polar surface area (TPSA) is 74.7 Å². The molecule has 0 bridgehead atoms. The van der Waals surface area contributed by atoms with Crippen LogP contribution in [0.25, 0.3) is 11.3 Å². The first-order valence-electron chi connectivity index (χ1n) is 11.7. The summed E-state index contributed by atoms with van der Waals surface area (Å²) in [5, 5.41) is 12.6. The van der Waals surface area contributed by atoms with Crippen molar-refractivity contribution in [2.45, 2.75) is 52.4 Å². The Morgan fingerprint density at radius 2 is 1.68 bits per heavy atom. The average Bonchev–Trinajstić information content (AvgIpc) is 2.79. The van der Waals surface area contributed by atoms with Gasteiger partial charge in [0.25, 0.3) is 0 Å². The fraction of sp³-hybridized carbons (Fsp3) is 0.357. The zero-order valence-corrected chi connectivity index (χ0v) is 20.4. The number of hydrogen-bond acceptors (Lipinski definition) is 5. The van der Waals surface area contributed by atoms with Crippen LogP contribution in [0.5, 0.6) is 0 Å². The van der Waals surface area contributed by atoms with Crippen molar-refractivity contribution >= 4 is 6.09 Å². The first kappa shape index (κ1) is 25.4. The molecule has 6 nitrogen and oxygen atoms in total. The van der Waals surface area contributed by atoms with E-state index in [1.54, 1.807) is 11.2 Å². The Balaban J connectivity index is 1.69. The zero-order chi connectivity index (χ0) is 24.6. The smallest absolute Gasteiger partial charge is 0.422 e. The summed E-state index contributed by atoms with van der Waals surface area (Å²) < 4.78 is 5.44. The molecule has 0 saturated heterocycles. The van der Waals surface area contributed by atoms with Gasteiger partial charge in [-0.2, -0.15) is 0 Å². The van der Waals surface area contributed by atoms with Crippen molar-refractivity contribution in [1.29, 1.82) is 0 Å². The molecule has 180 valence electrons. The van der Waals surface area contributed by atoms with Crippen molar-refractivity contribution in [2.24, 2.45) is 5.92 Å². The second kappa shape index (κ2) is 11.8. The number of amides is 1. The standard InChI is InChI=1S/C28H35N3O3/c1-21(18-22-10-6-5-7-11-22)26(32)20-31(30-27(33)34-28(2,3)4)19-23-13-15-24(16-14-23)25-12-8-9-17-29-25/h5-17,21,26,32H,18-20H2,1-4H3,(H,30,33)/t21?,26-/m0/s1. The summed E-state index contributed by atoms with van der Waals surface area (Å²) in [6, 6.07) is 24.0. The van der Waals surface area contributed by atoms with E-state index in [-0.39, 0.29) is 12.5 Å². The number of pyridine rings is 1. The Labute approximate surface area is 202 Å². The van der Waals surface area contributed by atoms with E-state index in [1.807, 2.05) is 88.4 Å². The van der Waals surface area contributed by atoms with Crippen LogP contribution >= 0.6 is 0 Å². The second-order valence-electron chi connectivity index (χ2n) is 9.64. The van der Waals surface area contributed by atoms with Crippen molar-refractivity contribution in [3.05, 3.63) is 90.1 Å². The van der Waals surface area contributed by atoms with Crippen molar-refractivity contribution in [1.82, 2.24) is 15.4 Å². The van der Waals surface area contributed by atoms with Gasteiger partial charge in [-0.15, -0.1) is 0 Å². The molecule has 1 amide bonds. The molecule has 0 spiro atoms. The highest BCUT2D eigenvalue weighted by molar-refractivity contribution is 5.67. The molecule has 2 N–H and O–H groups in total. The first-order chi connectivity index (χ1) is 16.2. The minimum Gasteiger partial charge on any atom is -0.443 e. The largest absolute Gasteiger partial charge is 0.443 e. The summed E-state index contributed by atoms with van der Waals surface area (Å²) in [7, 11) is 0. The Morgan fingerprint density at radius 3 is 2.29 bits per heavy atom. The molecule has 0 aliphatic heterocycles. The molecule has 3 rings (SSSR count). The van der Waals surface area contributed by atoms with Gasteiger partial charge in [0.1, 0.15) is 5.60 Å². The number of hydrogen-bond donors (Lipinski definition) is 2. The Morgan fingerprint density at radius 1 is 1.00 bits per heavy atom. The van der Waals surface area contributed by atoms with Crippen LogP contribution in [0.4, 0.5) is 4.79 Å². The quantitative estimate of drug-likeness (QED) is 0.427. The Bertz CT molecular complexity index is 1020. The summed E-state index contributed by atoms with van der Waals surface area (Å²) in [5.74, 6) is 0.0110. The summed E-state index contributed by atoms with van der Waals surface area (Å²) in [5.41, 5.74) is 6.30. The third kappa shape index (κ3) is 8.28. The molecule has 1 aromatic heterocycles. The number of aliphatic hydroxyl groups excluding tert-OH is 1. The van der Waals surface area contributed by atoms with Gasteiger partial charge in [0.15, 0.2) is 0 Å². The first-order valence-corrected chi connectivity index (χ1v) is 11.7. The average molecular weight is 462 g/mol. The summed E-state index contributed by atoms with van der Waals surface area (Å²) in [4.78, 5) is 16.9. The van der Waals surface area contributed by atoms with Crippen LogP contribution in [0.2, 0.25) is 0 Å². The monoisotopic (exact) mass is 461 g/mol. The maximum absolute atomic E-state index is 12.5. The molecular formula is C28H35N3O3. The van der Waals surface area contributed by atoms with Crippen LogP contribution in [-0.2, 0) is 17.7 Å². The van der Waals surface area contributed by atoms with Gasteiger partial charge >= 0.3 is 6.09 Å². The molecule has 2 aromatic carbocycles. The third-order valence-electron chi connectivity index (χ3n) is 5.40. The number of nitrogens with zero attached hydrogens (tertiary/aromatic N) is 2. The van der Waals surface area contributed by atoms with E-state index >= 15 is 0 Å². The van der Waals surface area contributed by atoms with E-state index in [0.29, 0.717) is 6.54 Å². The van der Waals surface area contributed by atoms with Crippen molar-refractivity contribution < 1.29 is 14.6 Å². The van der Waals surface area contributed by atoms with E-state index in [9.17, 15) is 9.90 Å². The number of benzene rings is 2. The highest BCUT2D eigenvalue weighted by Gasteiger charge is 2.23. The molecule has 0 aliphatic rings. The number of hydrazine groups is 1. The Kier molecular flexibility index (Phi) is 8.79. The molecule has 0 radical (unpaired) electrons. The molecule has 0 saturated carbocycles. The molecule has 0 aliphatic carbocycles. The lowest BCUT2D eigenvalue weighted by molar-refractivity contribution is 0.0120. The number of rotatable bonds is 9. The van der Waals surface area contributed by atoms with Crippen LogP contribution < -0.4 is 5.43 Å². The highest BCUT2D eigenvalue weighted by atomic mass is 16.6. The van der Waals surface area contributed by atoms with Gasteiger partial charge in [0.2, 0.25) is 0 Å². The van der Waals surface area contributed by atoms with Gasteiger partial charge in [-0.1, -0.05) is 67.6 Å². The van der Waals surface area contributed by atoms with E-state index in [1.165, 1.54) is 5.56 Å². The van der Waals surface area contributed by atoms with Crippen molar-refractivity contribution in [2.75, 3.05) is 6.54 Å². The van der Waals surface area contributed by atoms with Gasteiger partial charge in [-0.3, -0.25) is 10.4 Å². The number of ether oxygens (including phenoxy) is 1. The molecule has 1 heterocycles. The summed E-state index contributed by atoms with van der Waals surface area (Å²) >= 11 is 0. The van der Waals surface area contributed by atoms with Crippen LogP contribution in [0.3, 0.4) is 0 Å². The van der Waals surface area contributed by atoms with Crippen LogP contribution in [0.1, 0.15) is 38.8 Å². The van der Waals surface area contributed by atoms with Gasteiger partial charge < -0.3 is 9.84 Å². The maximum atomic E-state index is 12.5. The number of carbonyl (C=O) groups excluding carboxylic acids is 1. The van der Waals surface area contributed by atoms with Gasteiger partial charge in [0, 0.05) is 24.8 Å².